The van der Waals surface area contributed by atoms with Crippen LogP contribution in [0.2, 0.25) is 10.0 Å². The van der Waals surface area contributed by atoms with Gasteiger partial charge >= 0.3 is 6.09 Å². The maximum absolute atomic E-state index is 11.2. The van der Waals surface area contributed by atoms with Gasteiger partial charge in [-0.15, -0.1) is 0 Å². The maximum atomic E-state index is 11.2. The molecule has 2 N–H and O–H groups in total. The van der Waals surface area contributed by atoms with E-state index in [0.29, 0.717) is 41.8 Å². The fourth-order valence-corrected chi connectivity index (χ4v) is 4.18. The zero-order chi connectivity index (χ0) is 20.8. The fourth-order valence-electron chi connectivity index (χ4n) is 3.79. The Balaban J connectivity index is 1.72. The van der Waals surface area contributed by atoms with Gasteiger partial charge in [-0.3, -0.25) is 4.40 Å². The van der Waals surface area contributed by atoms with Gasteiger partial charge in [0.1, 0.15) is 16.9 Å². The van der Waals surface area contributed by atoms with E-state index < -0.39 is 11.7 Å². The number of nitrogens with two attached hydrogens (primary N) is 1. The van der Waals surface area contributed by atoms with Crippen LogP contribution in [0, 0.1) is 6.92 Å². The Hall–Kier alpha value is -2.51. The van der Waals surface area contributed by atoms with Crippen LogP contribution in [0.1, 0.15) is 25.5 Å². The minimum absolute atomic E-state index is 0.469. The Kier molecular flexibility index (Phi) is 5.04. The second kappa shape index (κ2) is 7.39. The van der Waals surface area contributed by atoms with Crippen molar-refractivity contribution < 1.29 is 9.53 Å². The number of halogens is 2. The third kappa shape index (κ3) is 3.60. The SMILES string of the molecule is Cc1cnc(N2CCC(C)(OC(N)=O)CC2)c2cnc(-c3cccc(Cl)c3Cl)n12. The van der Waals surface area contributed by atoms with Crippen LogP contribution in [0.25, 0.3) is 16.9 Å². The van der Waals surface area contributed by atoms with E-state index in [0.717, 1.165) is 22.6 Å². The van der Waals surface area contributed by atoms with Crippen molar-refractivity contribution >= 4 is 40.6 Å². The number of hydrogen-bond acceptors (Lipinski definition) is 5. The van der Waals surface area contributed by atoms with Crippen molar-refractivity contribution in [1.29, 1.82) is 0 Å². The monoisotopic (exact) mass is 433 g/mol. The van der Waals surface area contributed by atoms with Crippen molar-refractivity contribution in [3.8, 4) is 11.4 Å². The third-order valence-electron chi connectivity index (χ3n) is 5.38. The lowest BCUT2D eigenvalue weighted by molar-refractivity contribution is 0.0126. The quantitative estimate of drug-likeness (QED) is 0.658. The van der Waals surface area contributed by atoms with Crippen molar-refractivity contribution in [3.63, 3.8) is 0 Å². The number of anilines is 1. The van der Waals surface area contributed by atoms with Gasteiger partial charge in [0.05, 0.1) is 16.2 Å². The molecule has 1 fully saturated rings. The number of benzene rings is 1. The number of imidazole rings is 1. The Morgan fingerprint density at radius 3 is 2.62 bits per heavy atom. The molecular formula is C20H21Cl2N5O2. The predicted molar refractivity (Wildman–Crippen MR) is 114 cm³/mol. The van der Waals surface area contributed by atoms with Crippen molar-refractivity contribution in [1.82, 2.24) is 14.4 Å². The Morgan fingerprint density at radius 2 is 1.93 bits per heavy atom. The van der Waals surface area contributed by atoms with E-state index in [1.54, 1.807) is 12.3 Å². The molecule has 1 aliphatic heterocycles. The standard InChI is InChI=1S/C20H21Cl2N5O2/c1-12-10-24-18(26-8-6-20(2,7-9-26)29-19(23)28)15-11-25-17(27(12)15)13-4-3-5-14(21)16(13)22/h3-5,10-11H,6-9H2,1-2H3,(H2,23,28). The summed E-state index contributed by atoms with van der Waals surface area (Å²) in [7, 11) is 0. The summed E-state index contributed by atoms with van der Waals surface area (Å²) in [6.45, 7) is 5.26. The highest BCUT2D eigenvalue weighted by Crippen LogP contribution is 2.36. The molecule has 29 heavy (non-hydrogen) atoms. The third-order valence-corrected chi connectivity index (χ3v) is 6.20. The van der Waals surface area contributed by atoms with Crippen LogP contribution in [0.15, 0.2) is 30.6 Å². The number of ether oxygens (including phenoxy) is 1. The van der Waals surface area contributed by atoms with Crippen LogP contribution in [-0.4, -0.2) is 39.2 Å². The first kappa shape index (κ1) is 19.8. The van der Waals surface area contributed by atoms with Gasteiger partial charge in [-0.2, -0.15) is 0 Å². The van der Waals surface area contributed by atoms with Gasteiger partial charge in [0.2, 0.25) is 0 Å². The molecule has 0 unspecified atom stereocenters. The fraction of sp³-hybridized carbons (Fsp3) is 0.350. The molecule has 0 saturated carbocycles. The maximum Gasteiger partial charge on any atom is 0.405 e. The normalized spacial score (nSPS) is 16.2. The summed E-state index contributed by atoms with van der Waals surface area (Å²) in [4.78, 5) is 22.6. The molecule has 0 atom stereocenters. The molecule has 9 heteroatoms. The average Bonchev–Trinajstić information content (AvgIpc) is 3.10. The van der Waals surface area contributed by atoms with Gasteiger partial charge in [-0.1, -0.05) is 29.3 Å². The summed E-state index contributed by atoms with van der Waals surface area (Å²) >= 11 is 12.6. The van der Waals surface area contributed by atoms with Gasteiger partial charge in [0.15, 0.2) is 5.82 Å². The second-order valence-electron chi connectivity index (χ2n) is 7.49. The number of rotatable bonds is 3. The molecule has 7 nitrogen and oxygen atoms in total. The molecule has 3 aromatic rings. The number of fused-ring (bicyclic) bond motifs is 1. The molecule has 3 heterocycles. The molecule has 1 amide bonds. The lowest BCUT2D eigenvalue weighted by atomic mass is 9.93. The van der Waals surface area contributed by atoms with Crippen molar-refractivity contribution in [2.45, 2.75) is 32.3 Å². The van der Waals surface area contributed by atoms with E-state index in [1.807, 2.05) is 36.6 Å². The summed E-state index contributed by atoms with van der Waals surface area (Å²) in [5, 5.41) is 0.953. The number of primary amides is 1. The molecule has 0 aliphatic carbocycles. The highest BCUT2D eigenvalue weighted by molar-refractivity contribution is 6.43. The summed E-state index contributed by atoms with van der Waals surface area (Å²) in [5.74, 6) is 1.54. The van der Waals surface area contributed by atoms with E-state index in [1.165, 1.54) is 0 Å². The predicted octanol–water partition coefficient (Wildman–Crippen LogP) is 4.47. The molecule has 0 bridgehead atoms. The van der Waals surface area contributed by atoms with Crippen molar-refractivity contribution in [2.75, 3.05) is 18.0 Å². The number of aromatic nitrogens is 3. The Bertz CT molecular complexity index is 1090. The van der Waals surface area contributed by atoms with Gasteiger partial charge < -0.3 is 15.4 Å². The second-order valence-corrected chi connectivity index (χ2v) is 8.27. The first-order valence-electron chi connectivity index (χ1n) is 9.30. The van der Waals surface area contributed by atoms with E-state index >= 15 is 0 Å². The van der Waals surface area contributed by atoms with Crippen LogP contribution in [-0.2, 0) is 4.74 Å². The molecule has 1 aliphatic rings. The van der Waals surface area contributed by atoms with Gasteiger partial charge in [-0.25, -0.2) is 14.8 Å². The number of amides is 1. The largest absolute Gasteiger partial charge is 0.443 e. The van der Waals surface area contributed by atoms with Gasteiger partial charge in [0.25, 0.3) is 0 Å². The molecular weight excluding hydrogens is 413 g/mol. The first-order chi connectivity index (χ1) is 13.8. The number of aryl methyl sites for hydroxylation is 1. The molecule has 4 rings (SSSR count). The van der Waals surface area contributed by atoms with E-state index in [2.05, 4.69) is 14.9 Å². The van der Waals surface area contributed by atoms with Crippen LogP contribution in [0.4, 0.5) is 10.6 Å². The highest BCUT2D eigenvalue weighted by Gasteiger charge is 2.34. The van der Waals surface area contributed by atoms with Crippen molar-refractivity contribution in [2.24, 2.45) is 5.73 Å². The molecule has 0 radical (unpaired) electrons. The summed E-state index contributed by atoms with van der Waals surface area (Å²) in [5.41, 5.74) is 7.24. The zero-order valence-electron chi connectivity index (χ0n) is 16.2. The number of hydrogen-bond donors (Lipinski definition) is 1. The molecule has 1 aromatic carbocycles. The molecule has 2 aromatic heterocycles. The summed E-state index contributed by atoms with van der Waals surface area (Å²) < 4.78 is 7.34. The van der Waals surface area contributed by atoms with E-state index in [4.69, 9.17) is 33.7 Å². The number of carbonyl (C=O) groups is 1. The number of carbonyl (C=O) groups excluding carboxylic acids is 1. The van der Waals surface area contributed by atoms with Crippen LogP contribution < -0.4 is 10.6 Å². The van der Waals surface area contributed by atoms with E-state index in [9.17, 15) is 4.79 Å². The topological polar surface area (TPSA) is 85.8 Å². The van der Waals surface area contributed by atoms with Gasteiger partial charge in [0, 0.05) is 43.4 Å². The molecule has 0 spiro atoms. The Morgan fingerprint density at radius 1 is 1.21 bits per heavy atom. The smallest absolute Gasteiger partial charge is 0.405 e. The molecule has 152 valence electrons. The minimum Gasteiger partial charge on any atom is -0.443 e. The van der Waals surface area contributed by atoms with E-state index in [-0.39, 0.29) is 0 Å². The highest BCUT2D eigenvalue weighted by atomic mass is 35.5. The Labute approximate surface area is 178 Å². The lowest BCUT2D eigenvalue weighted by Crippen LogP contribution is -2.46. The van der Waals surface area contributed by atoms with Crippen molar-refractivity contribution in [3.05, 3.63) is 46.3 Å². The number of nitrogens with zero attached hydrogens (tertiary/aromatic N) is 4. The number of piperidine rings is 1. The first-order valence-corrected chi connectivity index (χ1v) is 10.1. The van der Waals surface area contributed by atoms with Crippen LogP contribution in [0.3, 0.4) is 0 Å². The zero-order valence-corrected chi connectivity index (χ0v) is 17.7. The van der Waals surface area contributed by atoms with Crippen LogP contribution in [0.5, 0.6) is 0 Å². The summed E-state index contributed by atoms with van der Waals surface area (Å²) in [6, 6.07) is 5.50. The van der Waals surface area contributed by atoms with Gasteiger partial charge in [-0.05, 0) is 26.0 Å². The van der Waals surface area contributed by atoms with Crippen LogP contribution >= 0.6 is 23.2 Å². The summed E-state index contributed by atoms with van der Waals surface area (Å²) in [6.07, 6.45) is 4.21. The lowest BCUT2D eigenvalue weighted by Gasteiger charge is -2.39. The average molecular weight is 434 g/mol. The molecule has 1 saturated heterocycles. The minimum atomic E-state index is -0.740.